The molecule has 11 bridgehead atoms. The van der Waals surface area contributed by atoms with Gasteiger partial charge in [-0.3, -0.25) is 38.3 Å². The van der Waals surface area contributed by atoms with Crippen LogP contribution in [-0.4, -0.2) is 209 Å². The van der Waals surface area contributed by atoms with Gasteiger partial charge in [0, 0.05) is 46.7 Å². The lowest BCUT2D eigenvalue weighted by Crippen LogP contribution is -2.64. The molecule has 8 heterocycles. The van der Waals surface area contributed by atoms with E-state index in [0.717, 1.165) is 48.5 Å². The molecular weight excluding hydrogens is 1470 g/mol. The number of rotatable bonds is 15. The van der Waals surface area contributed by atoms with Gasteiger partial charge in [-0.05, 0) is 124 Å². The van der Waals surface area contributed by atoms with Crippen LogP contribution in [0.25, 0.3) is 11.1 Å². The van der Waals surface area contributed by atoms with Crippen molar-refractivity contribution in [1.29, 1.82) is 0 Å². The van der Waals surface area contributed by atoms with Crippen molar-refractivity contribution in [3.05, 3.63) is 118 Å². The molecule has 594 valence electrons. The predicted molar refractivity (Wildman–Crippen MR) is 380 cm³/mol. The van der Waals surface area contributed by atoms with Crippen LogP contribution < -0.4 is 68.6 Å². The Hall–Kier alpha value is -9.61. The molecule has 0 radical (unpaired) electrons. The van der Waals surface area contributed by atoms with Gasteiger partial charge in [-0.1, -0.05) is 49.7 Å². The van der Waals surface area contributed by atoms with E-state index in [9.17, 15) is 70.2 Å². The number of amides is 7. The zero-order chi connectivity index (χ0) is 80.1. The van der Waals surface area contributed by atoms with Gasteiger partial charge in [0.05, 0.1) is 61.0 Å². The maximum atomic E-state index is 16.4. The second kappa shape index (κ2) is 32.4. The lowest BCUT2D eigenvalue weighted by Gasteiger charge is -2.48. The number of aliphatic carboxylic acids is 1. The van der Waals surface area contributed by atoms with Gasteiger partial charge in [0.25, 0.3) is 0 Å². The van der Waals surface area contributed by atoms with Crippen LogP contribution in [0.4, 0.5) is 0 Å². The molecule has 110 heavy (non-hydrogen) atoms. The standard InChI is InChI=1S/C73H89ClN10O26/c1-28(2)16-40(78-7)64(95)83-56-58(91)33-11-15-45(39(74)18-33)106-47-20-34-19-46(61(47)110-73(24-44(89)59(92)48(27-85)108-73)109-51-26-72(6,77)63(94)30(4)104-51)105-36-12-8-31(9-13-36)60(107-50-25-71(5,76)62(93)29(3)103-50)57-69(100)82-55(70(101)102)38-21-35(86)22-43(88)52(38)37-17-32(10-14-42(37)87)53(66(97)84-57)81-67(98)54(34)80-65(96)41(23-49(75)90)79-68(56)99/h8-15,17-22,28-30,40-41,44,48,50-51,53-60,62-63,78,85-89,91-94H,16,23-27,76-77H2,1-7H3,(H2,75,90)(H,79,99)(H,80,96)(H,81,98)(H,82,100)(H,83,95)(H,84,97)(H,101,102)/t29-,30-,40-,41+,44-,48-,50-,51-,53-,54-,55+,56-,57+,58-,59+,60-,62-,63-,71?,72?,73+/m1/s1. The molecular formula is C73H89ClN10O26. The highest BCUT2D eigenvalue weighted by atomic mass is 35.5. The summed E-state index contributed by atoms with van der Waals surface area (Å²) in [5.41, 5.74) is 13.6. The first-order chi connectivity index (χ1) is 51.8. The highest BCUT2D eigenvalue weighted by molar-refractivity contribution is 6.32. The third kappa shape index (κ3) is 17.3. The minimum absolute atomic E-state index is 0.0505. The topological polar surface area (TPSA) is 575 Å². The predicted octanol–water partition coefficient (Wildman–Crippen LogP) is 0.0395. The van der Waals surface area contributed by atoms with E-state index < -0.39 is 250 Å². The number of hydrogen-bond acceptors (Lipinski definition) is 28. The second-order valence-electron chi connectivity index (χ2n) is 29.2. The van der Waals surface area contributed by atoms with Gasteiger partial charge >= 0.3 is 11.9 Å². The lowest BCUT2D eigenvalue weighted by atomic mass is 9.86. The average molecular weight is 1560 g/mol. The van der Waals surface area contributed by atoms with E-state index in [1.807, 2.05) is 13.8 Å². The molecule has 0 spiro atoms. The number of likely N-dealkylation sites (N-methyl/N-ethyl adjacent to an activating group) is 1. The Morgan fingerprint density at radius 3 is 1.92 bits per heavy atom. The maximum Gasteiger partial charge on any atom is 0.332 e. The third-order valence-corrected chi connectivity index (χ3v) is 20.3. The number of carbonyl (C=O) groups excluding carboxylic acids is 7. The summed E-state index contributed by atoms with van der Waals surface area (Å²) in [5.74, 6) is -18.5. The van der Waals surface area contributed by atoms with Crippen molar-refractivity contribution in [2.75, 3.05) is 13.7 Å². The summed E-state index contributed by atoms with van der Waals surface area (Å²) < 4.78 is 52.3. The van der Waals surface area contributed by atoms with Gasteiger partial charge in [0.2, 0.25) is 47.1 Å². The van der Waals surface area contributed by atoms with Gasteiger partial charge in [-0.25, -0.2) is 4.79 Å². The summed E-state index contributed by atoms with van der Waals surface area (Å²) >= 11 is 7.15. The number of nitrogens with one attached hydrogen (secondary N) is 7. The van der Waals surface area contributed by atoms with Crippen LogP contribution in [0.5, 0.6) is 46.0 Å². The Balaban J connectivity index is 1.20. The molecule has 36 nitrogen and oxygen atoms in total. The van der Waals surface area contributed by atoms with E-state index in [1.165, 1.54) is 71.1 Å². The van der Waals surface area contributed by atoms with Gasteiger partial charge in [-0.15, -0.1) is 0 Å². The van der Waals surface area contributed by atoms with Crippen molar-refractivity contribution in [1.82, 2.24) is 37.2 Å². The van der Waals surface area contributed by atoms with Crippen molar-refractivity contribution < 1.29 is 127 Å². The molecule has 0 aromatic heterocycles. The lowest BCUT2D eigenvalue weighted by molar-refractivity contribution is -0.442. The van der Waals surface area contributed by atoms with Crippen molar-refractivity contribution in [3.8, 4) is 57.1 Å². The molecule has 13 rings (SSSR count). The van der Waals surface area contributed by atoms with E-state index in [2.05, 4.69) is 37.2 Å². The van der Waals surface area contributed by atoms with Crippen molar-refractivity contribution in [2.45, 2.75) is 201 Å². The van der Waals surface area contributed by atoms with Crippen LogP contribution in [0, 0.1) is 5.92 Å². The summed E-state index contributed by atoms with van der Waals surface area (Å²) in [6, 6.07) is 1.35. The number of carboxylic acids is 1. The highest BCUT2D eigenvalue weighted by Crippen LogP contribution is 2.51. The summed E-state index contributed by atoms with van der Waals surface area (Å²) in [7, 11) is 1.48. The molecule has 7 amide bonds. The molecule has 23 N–H and O–H groups in total. The Bertz CT molecular complexity index is 4360. The third-order valence-electron chi connectivity index (χ3n) is 20.0. The average Bonchev–Trinajstić information content (AvgIpc) is 0.759. The van der Waals surface area contributed by atoms with Crippen LogP contribution in [0.2, 0.25) is 5.02 Å². The largest absolute Gasteiger partial charge is 0.508 e. The summed E-state index contributed by atoms with van der Waals surface area (Å²) in [5, 5.41) is 132. The minimum atomic E-state index is -2.81. The fraction of sp³-hybridized carbons (Fsp3) is 0.479. The van der Waals surface area contributed by atoms with Gasteiger partial charge in [-0.2, -0.15) is 0 Å². The van der Waals surface area contributed by atoms with E-state index in [4.69, 9.17) is 66.7 Å². The first kappa shape index (κ1) is 81.4. The van der Waals surface area contributed by atoms with Gasteiger partial charge < -0.3 is 139 Å². The molecule has 37 heteroatoms. The van der Waals surface area contributed by atoms with E-state index >= 15 is 19.2 Å². The zero-order valence-electron chi connectivity index (χ0n) is 60.4. The Morgan fingerprint density at radius 2 is 1.30 bits per heavy atom. The summed E-state index contributed by atoms with van der Waals surface area (Å²) in [6.07, 6.45) is -19.6. The number of aliphatic hydroxyl groups excluding tert-OH is 6. The van der Waals surface area contributed by atoms with Gasteiger partial charge in [0.15, 0.2) is 30.1 Å². The number of benzene rings is 5. The van der Waals surface area contributed by atoms with Crippen molar-refractivity contribution in [3.63, 3.8) is 0 Å². The maximum absolute atomic E-state index is 16.4. The van der Waals surface area contributed by atoms with Crippen molar-refractivity contribution in [2.24, 2.45) is 23.1 Å². The molecule has 3 saturated heterocycles. The SMILES string of the molecule is CN[C@H](CC(C)C)C(=O)N[C@H]1C(=O)N[C@@H](CC(N)=O)C(=O)N[C@H]2C(=O)N[C@H]3C(=O)N[C@H](C(=O)N[C@H](C(=O)O)c4cc(O)cc(O)c4-c4cc3ccc4O)[C@H](O[C@@H]3CC(C)(N)[C@H](O)[C@@H](C)O3)c3ccc(cc3)Oc3cc2cc(c3O[C@@]2(O[C@@H]3CC(C)(N)[C@H](O)[C@@H](C)O3)C[C@@H](O)[C@H](O)[C@@H](CO)O2)Oc2ccc(cc2Cl)[C@H]1O. The van der Waals surface area contributed by atoms with E-state index in [1.54, 1.807) is 0 Å². The second-order valence-corrected chi connectivity index (χ2v) is 29.6. The number of carbonyl (C=O) groups is 8. The zero-order valence-corrected chi connectivity index (χ0v) is 61.2. The number of ether oxygens (including phenoxy) is 8. The molecule has 8 aliphatic heterocycles. The number of primary amides is 1. The molecule has 3 fully saturated rings. The Kier molecular flexibility index (Phi) is 24.0. The van der Waals surface area contributed by atoms with Crippen LogP contribution in [0.15, 0.2) is 84.9 Å². The Morgan fingerprint density at radius 1 is 0.691 bits per heavy atom. The molecule has 21 atom stereocenters. The number of aliphatic hydroxyl groups is 6. The number of aromatic hydroxyl groups is 3. The van der Waals surface area contributed by atoms with Crippen LogP contribution in [0.3, 0.4) is 0 Å². The smallest absolute Gasteiger partial charge is 0.332 e. The molecule has 8 aliphatic rings. The number of nitrogens with two attached hydrogens (primary N) is 3. The molecule has 2 unspecified atom stereocenters. The highest BCUT2D eigenvalue weighted by Gasteiger charge is 2.55. The normalized spacial score (nSPS) is 32.2. The molecule has 5 aromatic carbocycles. The fourth-order valence-corrected chi connectivity index (χ4v) is 14.5. The first-order valence-electron chi connectivity index (χ1n) is 35.2. The van der Waals surface area contributed by atoms with Crippen LogP contribution in [0.1, 0.15) is 132 Å². The quantitative estimate of drug-likeness (QED) is 0.0615. The van der Waals surface area contributed by atoms with Crippen LogP contribution >= 0.6 is 11.6 Å². The van der Waals surface area contributed by atoms with E-state index in [0.29, 0.717) is 0 Å². The summed E-state index contributed by atoms with van der Waals surface area (Å²) in [6.45, 7) is 8.56. The number of hydrogen-bond donors (Lipinski definition) is 20. The van der Waals surface area contributed by atoms with Crippen LogP contribution in [-0.2, 0) is 62.0 Å². The number of phenols is 3. The minimum Gasteiger partial charge on any atom is -0.508 e. The monoisotopic (exact) mass is 1560 g/mol. The number of phenolic OH excluding ortho intramolecular Hbond substituents is 3. The van der Waals surface area contributed by atoms with Gasteiger partial charge in [0.1, 0.15) is 83.4 Å². The number of carboxylic acid groups (broad SMARTS) is 1. The number of halogens is 1. The van der Waals surface area contributed by atoms with E-state index in [-0.39, 0.29) is 58.4 Å². The Labute approximate surface area is 633 Å². The molecule has 0 saturated carbocycles. The van der Waals surface area contributed by atoms with Crippen molar-refractivity contribution >= 4 is 58.9 Å². The summed E-state index contributed by atoms with van der Waals surface area (Å²) in [4.78, 5) is 120. The molecule has 5 aromatic rings. The fourth-order valence-electron chi connectivity index (χ4n) is 14.2. The molecule has 0 aliphatic carbocycles. The first-order valence-corrected chi connectivity index (χ1v) is 35.6. The number of fused-ring (bicyclic) bond motifs is 15.